The van der Waals surface area contributed by atoms with E-state index in [2.05, 4.69) is 6.58 Å². The van der Waals surface area contributed by atoms with Crippen LogP contribution in [0.5, 0.6) is 0 Å². The van der Waals surface area contributed by atoms with Crippen LogP contribution in [0.15, 0.2) is 30.9 Å². The van der Waals surface area contributed by atoms with E-state index < -0.39 is 17.2 Å². The van der Waals surface area contributed by atoms with Crippen LogP contribution in [0.4, 0.5) is 4.39 Å². The van der Waals surface area contributed by atoms with Crippen LogP contribution >= 0.6 is 0 Å². The Morgan fingerprint density at radius 1 is 1.27 bits per heavy atom. The molecule has 2 atom stereocenters. The third-order valence-corrected chi connectivity index (χ3v) is 6.70. The molecule has 1 aromatic rings. The van der Waals surface area contributed by atoms with Crippen LogP contribution in [0.3, 0.4) is 0 Å². The van der Waals surface area contributed by atoms with Crippen LogP contribution in [0.25, 0.3) is 0 Å². The molecule has 0 spiro atoms. The maximum atomic E-state index is 14.2. The fourth-order valence-electron chi connectivity index (χ4n) is 5.29. The lowest BCUT2D eigenvalue weighted by atomic mass is 9.54. The quantitative estimate of drug-likeness (QED) is 0.734. The zero-order valence-corrected chi connectivity index (χ0v) is 15.1. The molecular weight excluding hydrogens is 329 g/mol. The van der Waals surface area contributed by atoms with Crippen molar-refractivity contribution >= 4 is 5.97 Å². The zero-order chi connectivity index (χ0) is 18.7. The van der Waals surface area contributed by atoms with Gasteiger partial charge in [-0.1, -0.05) is 25.0 Å². The van der Waals surface area contributed by atoms with Gasteiger partial charge in [0.2, 0.25) is 0 Å². The minimum Gasteiger partial charge on any atom is -0.481 e. The van der Waals surface area contributed by atoms with E-state index >= 15 is 0 Å². The predicted molar refractivity (Wildman–Crippen MR) is 98.0 cm³/mol. The Morgan fingerprint density at radius 3 is 2.58 bits per heavy atom. The van der Waals surface area contributed by atoms with Crippen molar-refractivity contribution in [2.24, 2.45) is 17.3 Å². The Hall–Kier alpha value is -2.15. The van der Waals surface area contributed by atoms with E-state index in [4.69, 9.17) is 5.26 Å². The fraction of sp³-hybridized carbons (Fsp3) is 0.545. The van der Waals surface area contributed by atoms with Crippen molar-refractivity contribution in [3.05, 3.63) is 47.8 Å². The number of aliphatic carboxylic acids is 1. The Morgan fingerprint density at radius 2 is 2.00 bits per heavy atom. The van der Waals surface area contributed by atoms with E-state index in [9.17, 15) is 14.3 Å². The van der Waals surface area contributed by atoms with Crippen molar-refractivity contribution < 1.29 is 14.3 Å². The van der Waals surface area contributed by atoms with Crippen LogP contribution in [0.2, 0.25) is 0 Å². The highest BCUT2D eigenvalue weighted by molar-refractivity contribution is 5.77. The molecule has 138 valence electrons. The predicted octanol–water partition coefficient (Wildman–Crippen LogP) is 5.42. The minimum atomic E-state index is -0.828. The van der Waals surface area contributed by atoms with Gasteiger partial charge in [-0.05, 0) is 68.1 Å². The van der Waals surface area contributed by atoms with Crippen LogP contribution in [0, 0.1) is 34.4 Å². The second-order valence-corrected chi connectivity index (χ2v) is 7.84. The summed E-state index contributed by atoms with van der Waals surface area (Å²) in [6.45, 7) is 3.88. The molecule has 0 aliphatic heterocycles. The number of rotatable bonds is 4. The van der Waals surface area contributed by atoms with Crippen molar-refractivity contribution in [1.29, 1.82) is 5.26 Å². The molecule has 2 aliphatic rings. The maximum Gasteiger partial charge on any atom is 0.310 e. The molecule has 1 N–H and O–H groups in total. The number of nitriles is 1. The molecule has 3 rings (SSSR count). The molecular formula is C22H26FNO2. The fourth-order valence-corrected chi connectivity index (χ4v) is 5.29. The topological polar surface area (TPSA) is 61.1 Å². The zero-order valence-electron chi connectivity index (χ0n) is 15.1. The average Bonchev–Trinajstić information content (AvgIpc) is 2.67. The van der Waals surface area contributed by atoms with Gasteiger partial charge in [0.1, 0.15) is 11.9 Å². The van der Waals surface area contributed by atoms with Gasteiger partial charge < -0.3 is 5.11 Å². The Labute approximate surface area is 154 Å². The number of hydrogen-bond donors (Lipinski definition) is 1. The van der Waals surface area contributed by atoms with Gasteiger partial charge in [-0.15, -0.1) is 6.58 Å². The largest absolute Gasteiger partial charge is 0.481 e. The molecule has 2 saturated carbocycles. The van der Waals surface area contributed by atoms with Crippen molar-refractivity contribution in [2.45, 2.75) is 57.3 Å². The molecule has 0 heterocycles. The molecule has 2 fully saturated rings. The van der Waals surface area contributed by atoms with E-state index in [-0.39, 0.29) is 17.4 Å². The van der Waals surface area contributed by atoms with Crippen molar-refractivity contribution in [1.82, 2.24) is 0 Å². The summed E-state index contributed by atoms with van der Waals surface area (Å²) in [6, 6.07) is 6.47. The molecule has 0 saturated heterocycles. The molecule has 2 aliphatic carbocycles. The standard InChI is InChI=1S/C22H26FNO2/c1-2-15-6-10-18(11-7-15)22(21(25)26)12-4-3-5-19(22)16-8-9-17(14-24)20(23)13-16/h2,8-9,13,15,18-19H,1,3-7,10-12H2,(H,25,26)/t15?,18?,19?,22-/m0/s1. The molecule has 0 aromatic heterocycles. The third kappa shape index (κ3) is 3.16. The number of nitrogens with zero attached hydrogens (tertiary/aromatic N) is 1. The normalized spacial score (nSPS) is 31.8. The van der Waals surface area contributed by atoms with E-state index in [1.165, 1.54) is 12.1 Å². The molecule has 1 aromatic carbocycles. The highest BCUT2D eigenvalue weighted by Gasteiger charge is 2.53. The van der Waals surface area contributed by atoms with Crippen LogP contribution in [-0.2, 0) is 4.79 Å². The van der Waals surface area contributed by atoms with Gasteiger partial charge in [0.05, 0.1) is 11.0 Å². The highest BCUT2D eigenvalue weighted by atomic mass is 19.1. The molecule has 3 nitrogen and oxygen atoms in total. The third-order valence-electron chi connectivity index (χ3n) is 6.70. The number of halogens is 1. The summed E-state index contributed by atoms with van der Waals surface area (Å²) < 4.78 is 14.2. The maximum absolute atomic E-state index is 14.2. The molecule has 26 heavy (non-hydrogen) atoms. The lowest BCUT2D eigenvalue weighted by Gasteiger charge is -2.48. The first-order valence-corrected chi connectivity index (χ1v) is 9.58. The van der Waals surface area contributed by atoms with Gasteiger partial charge in [0.25, 0.3) is 0 Å². The van der Waals surface area contributed by atoms with Crippen molar-refractivity contribution in [2.75, 3.05) is 0 Å². The Bertz CT molecular complexity index is 730. The summed E-state index contributed by atoms with van der Waals surface area (Å²) in [5.41, 5.74) is -0.0863. The summed E-state index contributed by atoms with van der Waals surface area (Å²) in [4.78, 5) is 12.6. The number of carboxylic acids is 1. The lowest BCUT2D eigenvalue weighted by Crippen LogP contribution is -2.47. The Kier molecular flexibility index (Phi) is 5.46. The van der Waals surface area contributed by atoms with E-state index in [0.717, 1.165) is 50.5 Å². The van der Waals surface area contributed by atoms with Gasteiger partial charge in [-0.2, -0.15) is 5.26 Å². The smallest absolute Gasteiger partial charge is 0.310 e. The van der Waals surface area contributed by atoms with Gasteiger partial charge in [-0.25, -0.2) is 4.39 Å². The first-order valence-electron chi connectivity index (χ1n) is 9.58. The van der Waals surface area contributed by atoms with Gasteiger partial charge in [0, 0.05) is 5.92 Å². The second kappa shape index (κ2) is 7.61. The summed E-state index contributed by atoms with van der Waals surface area (Å²) in [7, 11) is 0. The molecule has 1 unspecified atom stereocenters. The molecule has 0 radical (unpaired) electrons. The summed E-state index contributed by atoms with van der Waals surface area (Å²) in [6.07, 6.45) is 9.01. The van der Waals surface area contributed by atoms with E-state index in [1.54, 1.807) is 6.07 Å². The van der Waals surface area contributed by atoms with E-state index in [1.807, 2.05) is 12.1 Å². The first-order chi connectivity index (χ1) is 12.5. The minimum absolute atomic E-state index is 0.0111. The SMILES string of the molecule is C=CC1CCC([C@@]2(C(=O)O)CCCCC2c2ccc(C#N)c(F)c2)CC1. The van der Waals surface area contributed by atoms with Crippen LogP contribution in [0.1, 0.15) is 68.4 Å². The highest BCUT2D eigenvalue weighted by Crippen LogP contribution is 2.56. The molecule has 4 heteroatoms. The average molecular weight is 355 g/mol. The summed E-state index contributed by atoms with van der Waals surface area (Å²) in [5, 5.41) is 19.3. The number of carbonyl (C=O) groups is 1. The molecule has 0 amide bonds. The number of hydrogen-bond acceptors (Lipinski definition) is 2. The first kappa shape index (κ1) is 18.6. The van der Waals surface area contributed by atoms with Crippen LogP contribution < -0.4 is 0 Å². The Balaban J connectivity index is 1.98. The van der Waals surface area contributed by atoms with Gasteiger partial charge in [0.15, 0.2) is 0 Å². The van der Waals surface area contributed by atoms with E-state index in [0.29, 0.717) is 12.3 Å². The summed E-state index contributed by atoms with van der Waals surface area (Å²) >= 11 is 0. The second-order valence-electron chi connectivity index (χ2n) is 7.84. The molecule has 0 bridgehead atoms. The lowest BCUT2D eigenvalue weighted by molar-refractivity contribution is -0.159. The van der Waals surface area contributed by atoms with Gasteiger partial charge in [-0.3, -0.25) is 4.79 Å². The van der Waals surface area contributed by atoms with Crippen molar-refractivity contribution in [3.8, 4) is 6.07 Å². The van der Waals surface area contributed by atoms with Gasteiger partial charge >= 0.3 is 5.97 Å². The van der Waals surface area contributed by atoms with Crippen molar-refractivity contribution in [3.63, 3.8) is 0 Å². The monoisotopic (exact) mass is 355 g/mol. The number of allylic oxidation sites excluding steroid dienone is 1. The number of carboxylic acid groups (broad SMARTS) is 1. The summed E-state index contributed by atoms with van der Waals surface area (Å²) in [5.74, 6) is -0.896. The van der Waals surface area contributed by atoms with Crippen LogP contribution in [-0.4, -0.2) is 11.1 Å². The number of benzene rings is 1.